The Hall–Kier alpha value is -0.800. The van der Waals surface area contributed by atoms with Gasteiger partial charge < -0.3 is 10.2 Å². The summed E-state index contributed by atoms with van der Waals surface area (Å²) in [5.74, 6) is 3.89. The van der Waals surface area contributed by atoms with Crippen LogP contribution in [0.5, 0.6) is 0 Å². The minimum Gasteiger partial charge on any atom is -0.359 e. The number of anilines is 1. The molecular formula is C17H26ClN3. The fourth-order valence-electron chi connectivity index (χ4n) is 4.10. The van der Waals surface area contributed by atoms with E-state index in [0.717, 1.165) is 53.9 Å². The molecule has 3 unspecified atom stereocenters. The van der Waals surface area contributed by atoms with Crippen LogP contribution >= 0.6 is 11.6 Å². The lowest BCUT2D eigenvalue weighted by molar-refractivity contribution is 0.337. The van der Waals surface area contributed by atoms with E-state index in [-0.39, 0.29) is 0 Å². The molecule has 2 aliphatic carbocycles. The van der Waals surface area contributed by atoms with Gasteiger partial charge in [-0.25, -0.2) is 4.98 Å². The molecule has 1 aromatic rings. The maximum Gasteiger partial charge on any atom is 0.128 e. The third-order valence-electron chi connectivity index (χ3n) is 5.23. The molecule has 0 radical (unpaired) electrons. The first-order valence-electron chi connectivity index (χ1n) is 8.24. The van der Waals surface area contributed by atoms with E-state index in [0.29, 0.717) is 0 Å². The minimum absolute atomic E-state index is 0.741. The van der Waals surface area contributed by atoms with Crippen molar-refractivity contribution in [1.29, 1.82) is 0 Å². The lowest BCUT2D eigenvalue weighted by Crippen LogP contribution is -2.29. The van der Waals surface area contributed by atoms with Crippen molar-refractivity contribution in [2.45, 2.75) is 39.2 Å². The summed E-state index contributed by atoms with van der Waals surface area (Å²) >= 11 is 6.24. The molecule has 116 valence electrons. The highest BCUT2D eigenvalue weighted by Crippen LogP contribution is 2.48. The van der Waals surface area contributed by atoms with Crippen LogP contribution in [0.4, 0.5) is 5.82 Å². The van der Waals surface area contributed by atoms with E-state index >= 15 is 0 Å². The first-order chi connectivity index (χ1) is 10.2. The number of halogens is 1. The van der Waals surface area contributed by atoms with Crippen LogP contribution in [0, 0.1) is 17.8 Å². The lowest BCUT2D eigenvalue weighted by Gasteiger charge is -2.28. The van der Waals surface area contributed by atoms with Crippen LogP contribution < -0.4 is 10.2 Å². The molecule has 2 bridgehead atoms. The number of nitrogens with zero attached hydrogens (tertiary/aromatic N) is 2. The third-order valence-corrected chi connectivity index (χ3v) is 5.57. The van der Waals surface area contributed by atoms with E-state index in [1.807, 2.05) is 12.1 Å². The van der Waals surface area contributed by atoms with Gasteiger partial charge in [0.25, 0.3) is 0 Å². The Morgan fingerprint density at radius 2 is 2.19 bits per heavy atom. The highest BCUT2D eigenvalue weighted by atomic mass is 35.5. The van der Waals surface area contributed by atoms with Gasteiger partial charge in [0, 0.05) is 20.1 Å². The second-order valence-corrected chi connectivity index (χ2v) is 7.10. The van der Waals surface area contributed by atoms with Crippen LogP contribution in [-0.4, -0.2) is 25.1 Å². The number of nitrogens with one attached hydrogen (secondary N) is 1. The quantitative estimate of drug-likeness (QED) is 0.868. The molecule has 0 amide bonds. The molecular weight excluding hydrogens is 282 g/mol. The average molecular weight is 308 g/mol. The Balaban J connectivity index is 1.65. The summed E-state index contributed by atoms with van der Waals surface area (Å²) in [5, 5.41) is 4.06. The Kier molecular flexibility index (Phi) is 4.70. The monoisotopic (exact) mass is 307 g/mol. The predicted molar refractivity (Wildman–Crippen MR) is 88.8 cm³/mol. The van der Waals surface area contributed by atoms with Gasteiger partial charge in [0.1, 0.15) is 5.82 Å². The van der Waals surface area contributed by atoms with Gasteiger partial charge in [0.05, 0.1) is 10.7 Å². The summed E-state index contributed by atoms with van der Waals surface area (Å²) in [5.41, 5.74) is 0.954. The highest BCUT2D eigenvalue weighted by molar-refractivity contribution is 6.31. The predicted octanol–water partition coefficient (Wildman–Crippen LogP) is 3.72. The summed E-state index contributed by atoms with van der Waals surface area (Å²) in [4.78, 5) is 7.06. The topological polar surface area (TPSA) is 28.2 Å². The molecule has 2 fully saturated rings. The van der Waals surface area contributed by atoms with Crippen molar-refractivity contribution in [1.82, 2.24) is 10.3 Å². The maximum absolute atomic E-state index is 6.24. The number of hydrogen-bond donors (Lipinski definition) is 1. The van der Waals surface area contributed by atoms with Gasteiger partial charge in [-0.3, -0.25) is 0 Å². The van der Waals surface area contributed by atoms with Crippen LogP contribution in [0.1, 0.15) is 38.3 Å². The van der Waals surface area contributed by atoms with Crippen molar-refractivity contribution < 1.29 is 0 Å². The van der Waals surface area contributed by atoms with Crippen molar-refractivity contribution in [2.24, 2.45) is 17.8 Å². The minimum atomic E-state index is 0.741. The molecule has 0 aliphatic heterocycles. The number of pyridine rings is 1. The van der Waals surface area contributed by atoms with Gasteiger partial charge in [-0.05, 0) is 55.7 Å². The van der Waals surface area contributed by atoms with Crippen molar-refractivity contribution in [3.8, 4) is 0 Å². The molecule has 1 N–H and O–H groups in total. The van der Waals surface area contributed by atoms with Gasteiger partial charge in [-0.2, -0.15) is 0 Å². The van der Waals surface area contributed by atoms with E-state index in [4.69, 9.17) is 16.6 Å². The lowest BCUT2D eigenvalue weighted by atomic mass is 9.88. The highest BCUT2D eigenvalue weighted by Gasteiger charge is 2.39. The summed E-state index contributed by atoms with van der Waals surface area (Å²) < 4.78 is 0. The molecule has 0 spiro atoms. The fourth-order valence-corrected chi connectivity index (χ4v) is 4.27. The van der Waals surface area contributed by atoms with Crippen LogP contribution in [0.15, 0.2) is 12.1 Å². The SMILES string of the molecule is CCNCc1nc(N(C)CC2CC3CCC2C3)ccc1Cl. The molecule has 21 heavy (non-hydrogen) atoms. The normalized spacial score (nSPS) is 27.3. The Morgan fingerprint density at radius 3 is 2.86 bits per heavy atom. The zero-order valence-corrected chi connectivity index (χ0v) is 13.9. The average Bonchev–Trinajstić information content (AvgIpc) is 3.09. The molecule has 2 saturated carbocycles. The molecule has 3 atom stereocenters. The third kappa shape index (κ3) is 3.35. The molecule has 1 heterocycles. The second-order valence-electron chi connectivity index (χ2n) is 6.69. The van der Waals surface area contributed by atoms with Gasteiger partial charge in [-0.15, -0.1) is 0 Å². The van der Waals surface area contributed by atoms with E-state index in [1.54, 1.807) is 0 Å². The zero-order valence-electron chi connectivity index (χ0n) is 13.1. The first-order valence-corrected chi connectivity index (χ1v) is 8.62. The van der Waals surface area contributed by atoms with Crippen molar-refractivity contribution in [2.75, 3.05) is 25.0 Å². The Bertz CT molecular complexity index is 491. The number of fused-ring (bicyclic) bond motifs is 2. The van der Waals surface area contributed by atoms with Gasteiger partial charge in [0.15, 0.2) is 0 Å². The molecule has 0 saturated heterocycles. The smallest absolute Gasteiger partial charge is 0.128 e. The van der Waals surface area contributed by atoms with E-state index in [9.17, 15) is 0 Å². The molecule has 0 aromatic carbocycles. The summed E-state index contributed by atoms with van der Waals surface area (Å²) in [6, 6.07) is 4.03. The summed E-state index contributed by atoms with van der Waals surface area (Å²) in [6.07, 6.45) is 5.81. The van der Waals surface area contributed by atoms with E-state index in [1.165, 1.54) is 25.7 Å². The molecule has 3 rings (SSSR count). The summed E-state index contributed by atoms with van der Waals surface area (Å²) in [7, 11) is 2.17. The Morgan fingerprint density at radius 1 is 1.33 bits per heavy atom. The number of hydrogen-bond acceptors (Lipinski definition) is 3. The van der Waals surface area contributed by atoms with E-state index < -0.39 is 0 Å². The molecule has 3 nitrogen and oxygen atoms in total. The maximum atomic E-state index is 6.24. The van der Waals surface area contributed by atoms with Crippen LogP contribution in [0.2, 0.25) is 5.02 Å². The van der Waals surface area contributed by atoms with Gasteiger partial charge in [-0.1, -0.05) is 24.9 Å². The van der Waals surface area contributed by atoms with Crippen LogP contribution in [0.3, 0.4) is 0 Å². The largest absolute Gasteiger partial charge is 0.359 e. The standard InChI is InChI=1S/C17H26ClN3/c1-3-19-10-16-15(18)6-7-17(20-16)21(2)11-14-9-12-4-5-13(14)8-12/h6-7,12-14,19H,3-5,8-11H2,1-2H3. The molecule has 2 aliphatic rings. The second kappa shape index (κ2) is 6.53. The fraction of sp³-hybridized carbons (Fsp3) is 0.706. The van der Waals surface area contributed by atoms with Crippen LogP contribution in [0.25, 0.3) is 0 Å². The van der Waals surface area contributed by atoms with Crippen LogP contribution in [-0.2, 0) is 6.54 Å². The van der Waals surface area contributed by atoms with Crippen molar-refractivity contribution in [3.05, 3.63) is 22.8 Å². The van der Waals surface area contributed by atoms with E-state index in [2.05, 4.69) is 24.2 Å². The van der Waals surface area contributed by atoms with Crippen molar-refractivity contribution in [3.63, 3.8) is 0 Å². The summed E-state index contributed by atoms with van der Waals surface area (Å²) in [6.45, 7) is 4.91. The first kappa shape index (κ1) is 15.1. The Labute approximate surface area is 133 Å². The molecule has 1 aromatic heterocycles. The van der Waals surface area contributed by atoms with Gasteiger partial charge >= 0.3 is 0 Å². The zero-order chi connectivity index (χ0) is 14.8. The number of aromatic nitrogens is 1. The van der Waals surface area contributed by atoms with Gasteiger partial charge in [0.2, 0.25) is 0 Å². The number of rotatable bonds is 6. The van der Waals surface area contributed by atoms with Crippen molar-refractivity contribution >= 4 is 17.4 Å². The molecule has 4 heteroatoms.